The molecule has 0 saturated heterocycles. The van der Waals surface area contributed by atoms with Crippen LogP contribution in [0.1, 0.15) is 84.0 Å². The summed E-state index contributed by atoms with van der Waals surface area (Å²) in [6, 6.07) is 0. The molecule has 13 heteroatoms. The number of carbonyl (C=O) groups is 1. The quantitative estimate of drug-likeness (QED) is 0.0442. The SMILES string of the molecule is CCCCC[C@H](O)/C=C/[C@H]1CC/C(=N/O)[C@@H]1CCCCCCC(=O)OC(CO[NH+]([O-])O)CO[NH+]([O-])O. The van der Waals surface area contributed by atoms with Crippen molar-refractivity contribution in [2.45, 2.75) is 96.2 Å². The summed E-state index contributed by atoms with van der Waals surface area (Å²) in [6.07, 6.45) is 12.0. The largest absolute Gasteiger partial charge is 0.566 e. The molecule has 1 rings (SSSR count). The van der Waals surface area contributed by atoms with Gasteiger partial charge in [-0.1, -0.05) is 73.5 Å². The topological polar surface area (TPSA) is 193 Å². The fourth-order valence-electron chi connectivity index (χ4n) is 4.33. The molecule has 2 unspecified atom stereocenters. The Bertz CT molecular complexity index is 636. The fourth-order valence-corrected chi connectivity index (χ4v) is 4.33. The highest BCUT2D eigenvalue weighted by Gasteiger charge is 2.31. The van der Waals surface area contributed by atoms with Gasteiger partial charge in [-0.25, -0.2) is 0 Å². The Morgan fingerprint density at radius 1 is 1.11 bits per heavy atom. The molecular formula is C23H43N3O10. The molecule has 210 valence electrons. The molecule has 1 fully saturated rings. The van der Waals surface area contributed by atoms with E-state index in [0.29, 0.717) is 6.42 Å². The molecule has 0 amide bonds. The van der Waals surface area contributed by atoms with Crippen LogP contribution in [0.2, 0.25) is 0 Å². The third-order valence-corrected chi connectivity index (χ3v) is 6.22. The number of ether oxygens (including phenoxy) is 1. The lowest BCUT2D eigenvalue weighted by atomic mass is 9.89. The molecule has 0 aromatic carbocycles. The highest BCUT2D eigenvalue weighted by Crippen LogP contribution is 2.35. The Balaban J connectivity index is 2.34. The lowest BCUT2D eigenvalue weighted by molar-refractivity contribution is -1.21. The van der Waals surface area contributed by atoms with Crippen LogP contribution in [-0.2, 0) is 19.2 Å². The zero-order valence-electron chi connectivity index (χ0n) is 21.0. The van der Waals surface area contributed by atoms with Crippen molar-refractivity contribution in [3.63, 3.8) is 0 Å². The average molecular weight is 522 g/mol. The third-order valence-electron chi connectivity index (χ3n) is 6.22. The number of nitrogens with zero attached hydrogens (tertiary/aromatic N) is 1. The first kappa shape index (κ1) is 32.3. The molecule has 0 spiro atoms. The lowest BCUT2D eigenvalue weighted by Crippen LogP contribution is -3.04. The van der Waals surface area contributed by atoms with Gasteiger partial charge in [-0.05, 0) is 38.0 Å². The molecule has 36 heavy (non-hydrogen) atoms. The number of aliphatic hydroxyl groups excluding tert-OH is 1. The van der Waals surface area contributed by atoms with Crippen molar-refractivity contribution >= 4 is 11.7 Å². The van der Waals surface area contributed by atoms with Gasteiger partial charge in [-0.2, -0.15) is 20.1 Å². The molecular weight excluding hydrogens is 478 g/mol. The maximum atomic E-state index is 12.0. The van der Waals surface area contributed by atoms with Gasteiger partial charge >= 0.3 is 5.97 Å². The minimum absolute atomic E-state index is 0.102. The average Bonchev–Trinajstić information content (AvgIpc) is 3.23. The number of oxime groups is 1. The number of carbonyl (C=O) groups excluding carboxylic acids is 1. The van der Waals surface area contributed by atoms with E-state index in [1.807, 2.05) is 6.08 Å². The van der Waals surface area contributed by atoms with E-state index in [9.17, 15) is 25.5 Å². The van der Waals surface area contributed by atoms with Crippen LogP contribution in [0.15, 0.2) is 17.3 Å². The summed E-state index contributed by atoms with van der Waals surface area (Å²) >= 11 is 0. The van der Waals surface area contributed by atoms with Crippen LogP contribution < -0.4 is 10.8 Å². The van der Waals surface area contributed by atoms with E-state index in [-0.39, 0.29) is 18.3 Å². The van der Waals surface area contributed by atoms with E-state index in [1.165, 1.54) is 0 Å². The van der Waals surface area contributed by atoms with Gasteiger partial charge < -0.3 is 25.5 Å². The first-order valence-electron chi connectivity index (χ1n) is 12.7. The Morgan fingerprint density at radius 3 is 2.39 bits per heavy atom. The van der Waals surface area contributed by atoms with Gasteiger partial charge in [0.1, 0.15) is 0 Å². The summed E-state index contributed by atoms with van der Waals surface area (Å²) in [4.78, 5) is 20.7. The van der Waals surface area contributed by atoms with Crippen LogP contribution in [0.3, 0.4) is 0 Å². The maximum Gasteiger partial charge on any atom is 0.306 e. The van der Waals surface area contributed by atoms with Crippen LogP contribution in [0.4, 0.5) is 0 Å². The van der Waals surface area contributed by atoms with Crippen molar-refractivity contribution in [2.75, 3.05) is 13.2 Å². The number of aliphatic hydroxyl groups is 1. The highest BCUT2D eigenvalue weighted by atomic mass is 17.1. The second-order valence-corrected chi connectivity index (χ2v) is 9.07. The molecule has 6 N–H and O–H groups in total. The molecule has 0 aliphatic heterocycles. The molecule has 0 bridgehead atoms. The van der Waals surface area contributed by atoms with Crippen LogP contribution in [-0.4, -0.2) is 57.8 Å². The van der Waals surface area contributed by atoms with Crippen molar-refractivity contribution in [3.8, 4) is 0 Å². The number of nitrogens with one attached hydrogen (secondary N) is 2. The predicted octanol–water partition coefficient (Wildman–Crippen LogP) is 1.000. The number of hydrogen-bond donors (Lipinski definition) is 6. The fraction of sp³-hybridized carbons (Fsp3) is 0.826. The molecule has 0 radical (unpaired) electrons. The van der Waals surface area contributed by atoms with Crippen molar-refractivity contribution in [1.29, 1.82) is 0 Å². The summed E-state index contributed by atoms with van der Waals surface area (Å²) in [6.45, 7) is 1.09. The van der Waals surface area contributed by atoms with E-state index in [4.69, 9.17) is 15.2 Å². The van der Waals surface area contributed by atoms with Crippen LogP contribution in [0.25, 0.3) is 0 Å². The van der Waals surface area contributed by atoms with Gasteiger partial charge in [-0.3, -0.25) is 4.79 Å². The molecule has 0 aromatic rings. The monoisotopic (exact) mass is 521 g/mol. The van der Waals surface area contributed by atoms with E-state index in [2.05, 4.69) is 27.8 Å². The molecule has 1 saturated carbocycles. The molecule has 0 heterocycles. The standard InChI is InChI=1S/C23H43N3O10/c1-2-3-6-9-19(27)14-12-18-13-15-22(24-29)21(18)10-7-4-5-8-11-23(28)36-20(16-34-25(30)31)17-35-26(32)33/h12,14,18-21,25-27,29-30,32H,2-11,13,15-17H2,1H3/b14-12+,24-22-/t18-,19-,21+/m0/s1. The van der Waals surface area contributed by atoms with Gasteiger partial charge in [0.05, 0.1) is 11.8 Å². The van der Waals surface area contributed by atoms with Crippen LogP contribution >= 0.6 is 0 Å². The molecule has 5 atom stereocenters. The van der Waals surface area contributed by atoms with Gasteiger partial charge in [0.15, 0.2) is 19.3 Å². The maximum absolute atomic E-state index is 12.0. The number of esters is 1. The van der Waals surface area contributed by atoms with Gasteiger partial charge in [0.2, 0.25) is 0 Å². The predicted molar refractivity (Wildman–Crippen MR) is 126 cm³/mol. The van der Waals surface area contributed by atoms with Gasteiger partial charge in [0, 0.05) is 12.3 Å². The van der Waals surface area contributed by atoms with Gasteiger partial charge in [0.25, 0.3) is 0 Å². The van der Waals surface area contributed by atoms with Crippen molar-refractivity contribution < 1.29 is 50.7 Å². The summed E-state index contributed by atoms with van der Waals surface area (Å²) < 4.78 is 5.07. The van der Waals surface area contributed by atoms with Crippen molar-refractivity contribution in [3.05, 3.63) is 22.6 Å². The number of unbranched alkanes of at least 4 members (excludes halogenated alkanes) is 5. The summed E-state index contributed by atoms with van der Waals surface area (Å²) in [5, 5.41) is 58.0. The zero-order valence-corrected chi connectivity index (χ0v) is 21.0. The van der Waals surface area contributed by atoms with Crippen LogP contribution in [0, 0.1) is 22.3 Å². The summed E-state index contributed by atoms with van der Waals surface area (Å²) in [7, 11) is 0. The minimum Gasteiger partial charge on any atom is -0.566 e. The van der Waals surface area contributed by atoms with E-state index < -0.39 is 42.2 Å². The van der Waals surface area contributed by atoms with Crippen molar-refractivity contribution in [2.24, 2.45) is 17.0 Å². The number of allylic oxidation sites excluding steroid dienone is 1. The first-order chi connectivity index (χ1) is 17.3. The Hall–Kier alpha value is -1.68. The molecule has 1 aliphatic carbocycles. The highest BCUT2D eigenvalue weighted by molar-refractivity contribution is 5.88. The number of hydrogen-bond acceptors (Lipinski definition) is 11. The summed E-state index contributed by atoms with van der Waals surface area (Å²) in [5.41, 5.74) is 0.798. The third kappa shape index (κ3) is 14.8. The lowest BCUT2D eigenvalue weighted by Gasteiger charge is -2.19. The smallest absolute Gasteiger partial charge is 0.306 e. The Kier molecular flexibility index (Phi) is 17.5. The van der Waals surface area contributed by atoms with Crippen LogP contribution in [0.5, 0.6) is 0 Å². The summed E-state index contributed by atoms with van der Waals surface area (Å²) in [5.74, 6) is -0.205. The number of rotatable bonds is 20. The van der Waals surface area contributed by atoms with E-state index >= 15 is 0 Å². The zero-order chi connectivity index (χ0) is 26.8. The Labute approximate surface area is 211 Å². The second kappa shape index (κ2) is 19.4. The van der Waals surface area contributed by atoms with Gasteiger partial charge in [-0.15, -0.1) is 0 Å². The first-order valence-corrected chi connectivity index (χ1v) is 12.7. The molecule has 1 aliphatic rings. The number of quaternary nitrogens is 2. The van der Waals surface area contributed by atoms with E-state index in [0.717, 1.165) is 69.9 Å². The second-order valence-electron chi connectivity index (χ2n) is 9.07. The minimum atomic E-state index is -1.57. The van der Waals surface area contributed by atoms with Crippen molar-refractivity contribution in [1.82, 2.24) is 0 Å². The molecule has 0 aromatic heterocycles. The molecule has 13 nitrogen and oxygen atoms in total. The normalized spacial score (nSPS) is 22.7. The van der Waals surface area contributed by atoms with E-state index in [1.54, 1.807) is 0 Å². The Morgan fingerprint density at radius 2 is 1.78 bits per heavy atom.